The van der Waals surface area contributed by atoms with Gasteiger partial charge in [-0.25, -0.2) is 0 Å². The maximum absolute atomic E-state index is 13.8. The van der Waals surface area contributed by atoms with Crippen molar-refractivity contribution in [3.05, 3.63) is 113 Å². The number of hydrogen-bond acceptors (Lipinski definition) is 3. The van der Waals surface area contributed by atoms with Crippen LogP contribution in [0.3, 0.4) is 0 Å². The van der Waals surface area contributed by atoms with Crippen LogP contribution in [0.25, 0.3) is 10.8 Å². The molecular formula is C31H31ClN2O3. The molecule has 0 unspecified atom stereocenters. The van der Waals surface area contributed by atoms with Gasteiger partial charge in [-0.3, -0.25) is 9.59 Å². The monoisotopic (exact) mass is 514 g/mol. The van der Waals surface area contributed by atoms with Gasteiger partial charge < -0.3 is 15.0 Å². The zero-order chi connectivity index (χ0) is 26.0. The zero-order valence-electron chi connectivity index (χ0n) is 20.9. The number of amides is 2. The Kier molecular flexibility index (Phi) is 9.17. The van der Waals surface area contributed by atoms with Crippen LogP contribution in [0.15, 0.2) is 97.1 Å². The number of fused-ring (bicyclic) bond motifs is 1. The SMILES string of the molecule is CCCNC(=O)[C@@H](Cc1ccccc1)N(Cc1ccccc1Cl)C(=O)COc1cccc2ccccc12. The Balaban J connectivity index is 1.64. The Bertz CT molecular complexity index is 1340. The van der Waals surface area contributed by atoms with Crippen LogP contribution in [-0.4, -0.2) is 35.9 Å². The molecule has 0 bridgehead atoms. The highest BCUT2D eigenvalue weighted by molar-refractivity contribution is 6.31. The van der Waals surface area contributed by atoms with Crippen molar-refractivity contribution < 1.29 is 14.3 Å². The first-order valence-corrected chi connectivity index (χ1v) is 12.9. The van der Waals surface area contributed by atoms with E-state index in [1.807, 2.05) is 97.9 Å². The van der Waals surface area contributed by atoms with Gasteiger partial charge in [-0.15, -0.1) is 0 Å². The van der Waals surface area contributed by atoms with Gasteiger partial charge in [-0.05, 0) is 35.1 Å². The second-order valence-corrected chi connectivity index (χ2v) is 9.28. The Morgan fingerprint density at radius 2 is 1.59 bits per heavy atom. The van der Waals surface area contributed by atoms with Crippen LogP contribution in [0.2, 0.25) is 5.02 Å². The minimum Gasteiger partial charge on any atom is -0.483 e. The van der Waals surface area contributed by atoms with Crippen LogP contribution in [0.4, 0.5) is 0 Å². The van der Waals surface area contributed by atoms with E-state index in [1.54, 1.807) is 11.0 Å². The molecule has 4 rings (SSSR count). The number of carbonyl (C=O) groups is 2. The van der Waals surface area contributed by atoms with Crippen molar-refractivity contribution in [2.45, 2.75) is 32.4 Å². The number of ether oxygens (including phenoxy) is 1. The molecule has 1 atom stereocenters. The summed E-state index contributed by atoms with van der Waals surface area (Å²) >= 11 is 6.47. The molecule has 0 saturated carbocycles. The van der Waals surface area contributed by atoms with E-state index in [0.29, 0.717) is 23.7 Å². The molecule has 0 aliphatic rings. The standard InChI is InChI=1S/C31H31ClN2O3/c1-2-19-33-31(36)28(20-23-11-4-3-5-12-23)34(21-25-14-7-9-17-27(25)32)30(35)22-37-29-18-10-15-24-13-6-8-16-26(24)29/h3-18,28H,2,19-22H2,1H3,(H,33,36)/t28-/m1/s1. The summed E-state index contributed by atoms with van der Waals surface area (Å²) in [6.45, 7) is 2.52. The Morgan fingerprint density at radius 1 is 0.892 bits per heavy atom. The summed E-state index contributed by atoms with van der Waals surface area (Å²) in [6, 6.07) is 30.0. The van der Waals surface area contributed by atoms with Crippen molar-refractivity contribution in [2.75, 3.05) is 13.2 Å². The molecule has 2 amide bonds. The molecule has 0 radical (unpaired) electrons. The highest BCUT2D eigenvalue weighted by Gasteiger charge is 2.31. The van der Waals surface area contributed by atoms with E-state index in [0.717, 1.165) is 28.3 Å². The molecule has 0 aliphatic heterocycles. The molecule has 0 heterocycles. The highest BCUT2D eigenvalue weighted by Crippen LogP contribution is 2.26. The van der Waals surface area contributed by atoms with Crippen molar-refractivity contribution in [1.29, 1.82) is 0 Å². The zero-order valence-corrected chi connectivity index (χ0v) is 21.7. The van der Waals surface area contributed by atoms with Gasteiger partial charge in [-0.2, -0.15) is 0 Å². The van der Waals surface area contributed by atoms with Gasteiger partial charge in [0.2, 0.25) is 5.91 Å². The molecule has 0 saturated heterocycles. The first kappa shape index (κ1) is 26.2. The normalized spacial score (nSPS) is 11.6. The number of halogens is 1. The summed E-state index contributed by atoms with van der Waals surface area (Å²) < 4.78 is 6.04. The maximum atomic E-state index is 13.8. The molecule has 6 heteroatoms. The van der Waals surface area contributed by atoms with E-state index in [-0.39, 0.29) is 25.0 Å². The molecule has 1 N–H and O–H groups in total. The second kappa shape index (κ2) is 12.9. The van der Waals surface area contributed by atoms with Gasteiger partial charge >= 0.3 is 0 Å². The minimum absolute atomic E-state index is 0.189. The van der Waals surface area contributed by atoms with Gasteiger partial charge in [0, 0.05) is 29.9 Å². The van der Waals surface area contributed by atoms with Gasteiger partial charge in [0.25, 0.3) is 5.91 Å². The molecule has 0 fully saturated rings. The third-order valence-electron chi connectivity index (χ3n) is 6.22. The fraction of sp³-hybridized carbons (Fsp3) is 0.226. The number of rotatable bonds is 11. The Labute approximate surface area is 223 Å². The van der Waals surface area contributed by atoms with Gasteiger partial charge in [0.15, 0.2) is 6.61 Å². The van der Waals surface area contributed by atoms with Crippen LogP contribution in [0.1, 0.15) is 24.5 Å². The van der Waals surface area contributed by atoms with E-state index < -0.39 is 6.04 Å². The first-order valence-electron chi connectivity index (χ1n) is 12.5. The van der Waals surface area contributed by atoms with Crippen LogP contribution >= 0.6 is 11.6 Å². The molecule has 190 valence electrons. The van der Waals surface area contributed by atoms with Gasteiger partial charge in [-0.1, -0.05) is 103 Å². The molecular weight excluding hydrogens is 484 g/mol. The smallest absolute Gasteiger partial charge is 0.261 e. The second-order valence-electron chi connectivity index (χ2n) is 8.88. The van der Waals surface area contributed by atoms with E-state index in [2.05, 4.69) is 5.32 Å². The van der Waals surface area contributed by atoms with Crippen LogP contribution in [0, 0.1) is 0 Å². The largest absolute Gasteiger partial charge is 0.483 e. The topological polar surface area (TPSA) is 58.6 Å². The number of benzene rings is 4. The minimum atomic E-state index is -0.728. The summed E-state index contributed by atoms with van der Waals surface area (Å²) in [7, 11) is 0. The van der Waals surface area contributed by atoms with Crippen molar-refractivity contribution in [3.63, 3.8) is 0 Å². The molecule has 0 aromatic heterocycles. The fourth-order valence-corrected chi connectivity index (χ4v) is 4.47. The fourth-order valence-electron chi connectivity index (χ4n) is 4.27. The van der Waals surface area contributed by atoms with Gasteiger partial charge in [0.05, 0.1) is 0 Å². The lowest BCUT2D eigenvalue weighted by atomic mass is 10.0. The van der Waals surface area contributed by atoms with Crippen molar-refractivity contribution in [1.82, 2.24) is 10.2 Å². The number of hydrogen-bond donors (Lipinski definition) is 1. The lowest BCUT2D eigenvalue weighted by Gasteiger charge is -2.31. The molecule has 37 heavy (non-hydrogen) atoms. The highest BCUT2D eigenvalue weighted by atomic mass is 35.5. The molecule has 4 aromatic rings. The maximum Gasteiger partial charge on any atom is 0.261 e. The number of nitrogens with one attached hydrogen (secondary N) is 1. The molecule has 0 aliphatic carbocycles. The first-order chi connectivity index (χ1) is 18.1. The van der Waals surface area contributed by atoms with Crippen LogP contribution in [0.5, 0.6) is 5.75 Å². The van der Waals surface area contributed by atoms with Crippen molar-refractivity contribution in [2.24, 2.45) is 0 Å². The Morgan fingerprint density at radius 3 is 2.38 bits per heavy atom. The number of nitrogens with zero attached hydrogens (tertiary/aromatic N) is 1. The van der Waals surface area contributed by atoms with Gasteiger partial charge in [0.1, 0.15) is 11.8 Å². The summed E-state index contributed by atoms with van der Waals surface area (Å²) in [4.78, 5) is 28.7. The summed E-state index contributed by atoms with van der Waals surface area (Å²) in [5.41, 5.74) is 1.73. The predicted molar refractivity (Wildman–Crippen MR) is 149 cm³/mol. The number of carbonyl (C=O) groups excluding carboxylic acids is 2. The average molecular weight is 515 g/mol. The third-order valence-corrected chi connectivity index (χ3v) is 6.59. The molecule has 4 aromatic carbocycles. The summed E-state index contributed by atoms with van der Waals surface area (Å²) in [5, 5.41) is 5.48. The quantitative estimate of drug-likeness (QED) is 0.265. The van der Waals surface area contributed by atoms with E-state index in [4.69, 9.17) is 16.3 Å². The summed E-state index contributed by atoms with van der Waals surface area (Å²) in [6.07, 6.45) is 1.17. The predicted octanol–water partition coefficient (Wildman–Crippen LogP) is 6.04. The molecule has 0 spiro atoms. The van der Waals surface area contributed by atoms with Crippen molar-refractivity contribution >= 4 is 34.2 Å². The van der Waals surface area contributed by atoms with E-state index in [1.165, 1.54) is 0 Å². The average Bonchev–Trinajstić information content (AvgIpc) is 2.93. The Hall–Kier alpha value is -3.83. The third kappa shape index (κ3) is 6.89. The molecule has 5 nitrogen and oxygen atoms in total. The van der Waals surface area contributed by atoms with Crippen LogP contribution < -0.4 is 10.1 Å². The van der Waals surface area contributed by atoms with E-state index >= 15 is 0 Å². The summed E-state index contributed by atoms with van der Waals surface area (Å²) in [5.74, 6) is 0.135. The lowest BCUT2D eigenvalue weighted by Crippen LogP contribution is -2.51. The lowest BCUT2D eigenvalue weighted by molar-refractivity contribution is -0.142. The van der Waals surface area contributed by atoms with Crippen LogP contribution in [-0.2, 0) is 22.6 Å². The van der Waals surface area contributed by atoms with Crippen molar-refractivity contribution in [3.8, 4) is 5.75 Å². The van der Waals surface area contributed by atoms with E-state index in [9.17, 15) is 9.59 Å².